The average molecular weight is 381 g/mol. The largest absolute Gasteiger partial charge is 0.385 e. The second kappa shape index (κ2) is 10.4. The Morgan fingerprint density at radius 3 is 2.07 bits per heavy atom. The van der Waals surface area contributed by atoms with E-state index in [2.05, 4.69) is 76.4 Å². The molecule has 0 spiro atoms. The molecule has 28 heavy (non-hydrogen) atoms. The second-order valence-electron chi connectivity index (χ2n) is 6.84. The maximum absolute atomic E-state index is 12.3. The molecule has 0 aliphatic carbocycles. The van der Waals surface area contributed by atoms with Crippen molar-refractivity contribution in [2.75, 3.05) is 23.9 Å². The van der Waals surface area contributed by atoms with Gasteiger partial charge in [0.25, 0.3) is 0 Å². The van der Waals surface area contributed by atoms with E-state index in [-0.39, 0.29) is 6.54 Å². The van der Waals surface area contributed by atoms with E-state index < -0.39 is 6.67 Å². The van der Waals surface area contributed by atoms with Crippen LogP contribution in [0.25, 0.3) is 0 Å². The van der Waals surface area contributed by atoms with Crippen LogP contribution in [0.4, 0.5) is 15.8 Å². The first kappa shape index (κ1) is 19.9. The summed E-state index contributed by atoms with van der Waals surface area (Å²) in [5.74, 6) is 0. The summed E-state index contributed by atoms with van der Waals surface area (Å²) in [6.07, 6.45) is 4.94. The molecule has 2 aromatic carbocycles. The van der Waals surface area contributed by atoms with Crippen LogP contribution in [0, 0.1) is 0 Å². The highest BCUT2D eigenvalue weighted by molar-refractivity contribution is 5.46. The van der Waals surface area contributed by atoms with Gasteiger partial charge >= 0.3 is 0 Å². The first-order valence-electron chi connectivity index (χ1n) is 9.87. The van der Waals surface area contributed by atoms with Crippen molar-refractivity contribution < 1.29 is 4.39 Å². The summed E-state index contributed by atoms with van der Waals surface area (Å²) in [5, 5.41) is 14.6. The third kappa shape index (κ3) is 6.08. The second-order valence-corrected chi connectivity index (χ2v) is 6.84. The predicted molar refractivity (Wildman–Crippen MR) is 112 cm³/mol. The Balaban J connectivity index is 1.44. The number of anilines is 2. The summed E-state index contributed by atoms with van der Waals surface area (Å²) in [4.78, 5) is 0. The zero-order valence-electron chi connectivity index (χ0n) is 16.4. The molecule has 2 N–H and O–H groups in total. The lowest BCUT2D eigenvalue weighted by atomic mass is 10.0. The van der Waals surface area contributed by atoms with Crippen molar-refractivity contribution in [1.82, 2.24) is 15.0 Å². The molecule has 0 unspecified atom stereocenters. The van der Waals surface area contributed by atoms with Crippen molar-refractivity contribution in [2.45, 2.75) is 39.3 Å². The van der Waals surface area contributed by atoms with Gasteiger partial charge in [-0.25, -0.2) is 9.07 Å². The third-order valence-electron chi connectivity index (χ3n) is 4.56. The van der Waals surface area contributed by atoms with Gasteiger partial charge in [0, 0.05) is 17.9 Å². The van der Waals surface area contributed by atoms with Crippen LogP contribution in [-0.4, -0.2) is 28.2 Å². The van der Waals surface area contributed by atoms with E-state index in [0.717, 1.165) is 37.2 Å². The van der Waals surface area contributed by atoms with Gasteiger partial charge in [-0.15, -0.1) is 5.10 Å². The summed E-state index contributed by atoms with van der Waals surface area (Å²) >= 11 is 0. The summed E-state index contributed by atoms with van der Waals surface area (Å²) in [7, 11) is 0. The lowest BCUT2D eigenvalue weighted by Gasteiger charge is -2.08. The fourth-order valence-electron chi connectivity index (χ4n) is 2.94. The molecule has 0 aliphatic rings. The minimum atomic E-state index is -0.433. The molecule has 1 aromatic heterocycles. The molecule has 1 heterocycles. The number of aryl methyl sites for hydroxylation is 3. The molecule has 0 amide bonds. The van der Waals surface area contributed by atoms with E-state index in [1.54, 1.807) is 6.20 Å². The molecule has 0 atom stereocenters. The molecule has 6 heteroatoms. The minimum absolute atomic E-state index is 0.250. The molecule has 3 aromatic rings. The SMILES string of the molecule is CCCNc1ccc(CCc2ccc(NCc3cn(CCF)nn3)cc2)cc1. The number of alkyl halides is 1. The minimum Gasteiger partial charge on any atom is -0.385 e. The van der Waals surface area contributed by atoms with Crippen molar-refractivity contribution in [3.8, 4) is 0 Å². The molecule has 0 fully saturated rings. The molecule has 3 rings (SSSR count). The molecule has 0 aliphatic heterocycles. The summed E-state index contributed by atoms with van der Waals surface area (Å²) in [6.45, 7) is 3.57. The predicted octanol–water partition coefficient (Wildman–Crippen LogP) is 4.47. The van der Waals surface area contributed by atoms with Crippen molar-refractivity contribution in [1.29, 1.82) is 0 Å². The number of aromatic nitrogens is 3. The number of hydrogen-bond acceptors (Lipinski definition) is 4. The first-order valence-corrected chi connectivity index (χ1v) is 9.87. The molecule has 148 valence electrons. The summed E-state index contributed by atoms with van der Waals surface area (Å²) in [6, 6.07) is 17.2. The normalized spacial score (nSPS) is 10.8. The quantitative estimate of drug-likeness (QED) is 0.515. The molecule has 0 saturated carbocycles. The molecule has 0 bridgehead atoms. The number of hydrogen-bond donors (Lipinski definition) is 2. The van der Waals surface area contributed by atoms with Crippen LogP contribution in [0.2, 0.25) is 0 Å². The van der Waals surface area contributed by atoms with Gasteiger partial charge in [-0.05, 0) is 54.7 Å². The highest BCUT2D eigenvalue weighted by Gasteiger charge is 2.02. The third-order valence-corrected chi connectivity index (χ3v) is 4.56. The maximum atomic E-state index is 12.3. The van der Waals surface area contributed by atoms with Crippen LogP contribution in [0.5, 0.6) is 0 Å². The van der Waals surface area contributed by atoms with Crippen LogP contribution < -0.4 is 10.6 Å². The average Bonchev–Trinajstić information content (AvgIpc) is 3.18. The molecule has 5 nitrogen and oxygen atoms in total. The Morgan fingerprint density at radius 1 is 0.893 bits per heavy atom. The van der Waals surface area contributed by atoms with Crippen LogP contribution in [0.1, 0.15) is 30.2 Å². The van der Waals surface area contributed by atoms with Crippen molar-refractivity contribution >= 4 is 11.4 Å². The van der Waals surface area contributed by atoms with E-state index >= 15 is 0 Å². The number of benzene rings is 2. The zero-order valence-corrected chi connectivity index (χ0v) is 16.4. The number of halogens is 1. The highest BCUT2D eigenvalue weighted by atomic mass is 19.1. The van der Waals surface area contributed by atoms with Gasteiger partial charge in [-0.2, -0.15) is 0 Å². The van der Waals surface area contributed by atoms with Gasteiger partial charge in [0.05, 0.1) is 19.3 Å². The lowest BCUT2D eigenvalue weighted by molar-refractivity contribution is 0.422. The fourth-order valence-corrected chi connectivity index (χ4v) is 2.94. The molecular weight excluding hydrogens is 353 g/mol. The van der Waals surface area contributed by atoms with E-state index in [1.807, 2.05) is 0 Å². The monoisotopic (exact) mass is 381 g/mol. The molecule has 0 saturated heterocycles. The Kier molecular flexibility index (Phi) is 7.41. The summed E-state index contributed by atoms with van der Waals surface area (Å²) in [5.41, 5.74) is 5.68. The van der Waals surface area contributed by atoms with Gasteiger partial charge in [-0.3, -0.25) is 0 Å². The topological polar surface area (TPSA) is 54.8 Å². The lowest BCUT2D eigenvalue weighted by Crippen LogP contribution is -2.01. The maximum Gasteiger partial charge on any atom is 0.109 e. The van der Waals surface area contributed by atoms with Gasteiger partial charge in [0.1, 0.15) is 12.4 Å². The van der Waals surface area contributed by atoms with Crippen LogP contribution >= 0.6 is 0 Å². The smallest absolute Gasteiger partial charge is 0.109 e. The fraction of sp³-hybridized carbons (Fsp3) is 0.364. The van der Waals surface area contributed by atoms with E-state index in [1.165, 1.54) is 21.5 Å². The highest BCUT2D eigenvalue weighted by Crippen LogP contribution is 2.15. The van der Waals surface area contributed by atoms with Crippen molar-refractivity contribution in [3.05, 3.63) is 71.5 Å². The van der Waals surface area contributed by atoms with Crippen molar-refractivity contribution in [3.63, 3.8) is 0 Å². The summed E-state index contributed by atoms with van der Waals surface area (Å²) < 4.78 is 13.8. The Bertz CT molecular complexity index is 827. The van der Waals surface area contributed by atoms with Gasteiger partial charge in [-0.1, -0.05) is 36.4 Å². The van der Waals surface area contributed by atoms with E-state index in [4.69, 9.17) is 0 Å². The van der Waals surface area contributed by atoms with Gasteiger partial charge in [0.15, 0.2) is 0 Å². The molecule has 0 radical (unpaired) electrons. The number of rotatable bonds is 11. The number of nitrogens with one attached hydrogen (secondary N) is 2. The van der Waals surface area contributed by atoms with Crippen LogP contribution in [-0.2, 0) is 25.9 Å². The van der Waals surface area contributed by atoms with Gasteiger partial charge in [0.2, 0.25) is 0 Å². The van der Waals surface area contributed by atoms with E-state index in [0.29, 0.717) is 6.54 Å². The standard InChI is InChI=1S/C22H28FN5/c1-2-14-24-20-9-5-18(6-10-20)3-4-19-7-11-21(12-8-19)25-16-22-17-28(15-13-23)27-26-22/h5-12,17,24-25H,2-4,13-16H2,1H3. The van der Waals surface area contributed by atoms with E-state index in [9.17, 15) is 4.39 Å². The van der Waals surface area contributed by atoms with Crippen molar-refractivity contribution in [2.24, 2.45) is 0 Å². The Labute approximate surface area is 166 Å². The van der Waals surface area contributed by atoms with Crippen LogP contribution in [0.3, 0.4) is 0 Å². The number of nitrogens with zero attached hydrogens (tertiary/aromatic N) is 3. The van der Waals surface area contributed by atoms with Crippen LogP contribution in [0.15, 0.2) is 54.7 Å². The first-order chi connectivity index (χ1) is 13.8. The Hall–Kier alpha value is -2.89. The zero-order chi connectivity index (χ0) is 19.6. The molecular formula is C22H28FN5. The Morgan fingerprint density at radius 2 is 1.50 bits per heavy atom. The van der Waals surface area contributed by atoms with Gasteiger partial charge < -0.3 is 10.6 Å².